The second-order valence-electron chi connectivity index (χ2n) is 7.56. The zero-order valence-electron chi connectivity index (χ0n) is 15.0. The van der Waals surface area contributed by atoms with Gasteiger partial charge in [-0.2, -0.15) is 0 Å². The second kappa shape index (κ2) is 7.95. The molecule has 0 radical (unpaired) electrons. The van der Waals surface area contributed by atoms with Crippen LogP contribution in [-0.2, 0) is 4.79 Å². The Bertz CT molecular complexity index is 546. The first-order chi connectivity index (χ1) is 11.6. The molecule has 1 aliphatic heterocycles. The average Bonchev–Trinajstić information content (AvgIpc) is 2.63. The van der Waals surface area contributed by atoms with Gasteiger partial charge in [0.2, 0.25) is 5.91 Å². The van der Waals surface area contributed by atoms with Gasteiger partial charge in [0.05, 0.1) is 0 Å². The summed E-state index contributed by atoms with van der Waals surface area (Å²) in [5.74, 6) is 1.96. The molecule has 1 saturated heterocycles. The van der Waals surface area contributed by atoms with Crippen LogP contribution in [-0.4, -0.2) is 39.9 Å². The predicted molar refractivity (Wildman–Crippen MR) is 95.9 cm³/mol. The third kappa shape index (κ3) is 4.25. The van der Waals surface area contributed by atoms with Crippen LogP contribution in [0.1, 0.15) is 70.4 Å². The van der Waals surface area contributed by atoms with Gasteiger partial charge >= 0.3 is 0 Å². The highest BCUT2D eigenvalue weighted by Crippen LogP contribution is 2.29. The van der Waals surface area contributed by atoms with Crippen molar-refractivity contribution in [3.05, 3.63) is 18.1 Å². The van der Waals surface area contributed by atoms with Crippen molar-refractivity contribution in [1.82, 2.24) is 14.9 Å². The molecular formula is C19H30N4O. The van der Waals surface area contributed by atoms with Gasteiger partial charge in [-0.1, -0.05) is 13.8 Å². The van der Waals surface area contributed by atoms with Crippen LogP contribution in [0, 0.1) is 5.92 Å². The summed E-state index contributed by atoms with van der Waals surface area (Å²) in [6.45, 7) is 6.22. The minimum Gasteiger partial charge on any atom is -0.367 e. The SMILES string of the molecule is CC(C)c1cc(N[C@H]2CC[C@H](C(=O)N3CCCCC3)CC2)ncn1. The molecule has 1 aromatic rings. The van der Waals surface area contributed by atoms with E-state index in [4.69, 9.17) is 0 Å². The Morgan fingerprint density at radius 1 is 1.12 bits per heavy atom. The van der Waals surface area contributed by atoms with Crippen molar-refractivity contribution < 1.29 is 4.79 Å². The largest absolute Gasteiger partial charge is 0.367 e. The lowest BCUT2D eigenvalue weighted by Gasteiger charge is -2.34. The summed E-state index contributed by atoms with van der Waals surface area (Å²) < 4.78 is 0. The first kappa shape index (κ1) is 17.2. The molecule has 2 aliphatic rings. The maximum atomic E-state index is 12.6. The van der Waals surface area contributed by atoms with Crippen molar-refractivity contribution in [3.63, 3.8) is 0 Å². The summed E-state index contributed by atoms with van der Waals surface area (Å²) in [5, 5.41) is 3.54. The van der Waals surface area contributed by atoms with Crippen LogP contribution in [0.3, 0.4) is 0 Å². The van der Waals surface area contributed by atoms with Crippen LogP contribution in [0.4, 0.5) is 5.82 Å². The van der Waals surface area contributed by atoms with Gasteiger partial charge < -0.3 is 10.2 Å². The van der Waals surface area contributed by atoms with Crippen molar-refractivity contribution >= 4 is 11.7 Å². The third-order valence-electron chi connectivity index (χ3n) is 5.38. The van der Waals surface area contributed by atoms with E-state index in [0.29, 0.717) is 17.9 Å². The van der Waals surface area contributed by atoms with Crippen molar-refractivity contribution in [2.75, 3.05) is 18.4 Å². The molecule has 5 nitrogen and oxygen atoms in total. The molecule has 0 spiro atoms. The van der Waals surface area contributed by atoms with Crippen molar-refractivity contribution in [2.45, 2.75) is 70.8 Å². The minimum atomic E-state index is 0.234. The predicted octanol–water partition coefficient (Wildman–Crippen LogP) is 3.58. The molecule has 1 aliphatic carbocycles. The first-order valence-electron chi connectivity index (χ1n) is 9.50. The van der Waals surface area contributed by atoms with Crippen LogP contribution < -0.4 is 5.32 Å². The Morgan fingerprint density at radius 3 is 2.50 bits per heavy atom. The Labute approximate surface area is 145 Å². The molecule has 5 heteroatoms. The van der Waals surface area contributed by atoms with Gasteiger partial charge in [0.25, 0.3) is 0 Å². The summed E-state index contributed by atoms with van der Waals surface area (Å²) in [4.78, 5) is 23.4. The highest BCUT2D eigenvalue weighted by Gasteiger charge is 2.30. The van der Waals surface area contributed by atoms with Crippen LogP contribution >= 0.6 is 0 Å². The van der Waals surface area contributed by atoms with Gasteiger partial charge in [0.1, 0.15) is 12.1 Å². The third-order valence-corrected chi connectivity index (χ3v) is 5.38. The minimum absolute atomic E-state index is 0.234. The van der Waals surface area contributed by atoms with Gasteiger partial charge in [0, 0.05) is 36.8 Å². The molecule has 1 N–H and O–H groups in total. The van der Waals surface area contributed by atoms with E-state index in [-0.39, 0.29) is 5.92 Å². The lowest BCUT2D eigenvalue weighted by atomic mass is 9.85. The number of nitrogens with zero attached hydrogens (tertiary/aromatic N) is 3. The maximum Gasteiger partial charge on any atom is 0.225 e. The van der Waals surface area contributed by atoms with Gasteiger partial charge in [-0.3, -0.25) is 4.79 Å². The molecule has 0 atom stereocenters. The van der Waals surface area contributed by atoms with Crippen molar-refractivity contribution in [1.29, 1.82) is 0 Å². The molecule has 0 bridgehead atoms. The number of piperidine rings is 1. The molecule has 24 heavy (non-hydrogen) atoms. The Balaban J connectivity index is 1.50. The smallest absolute Gasteiger partial charge is 0.225 e. The first-order valence-corrected chi connectivity index (χ1v) is 9.50. The molecule has 3 rings (SSSR count). The van der Waals surface area contributed by atoms with E-state index in [1.165, 1.54) is 19.3 Å². The number of hydrogen-bond donors (Lipinski definition) is 1. The maximum absolute atomic E-state index is 12.6. The van der Waals surface area contributed by atoms with E-state index in [1.54, 1.807) is 6.33 Å². The van der Waals surface area contributed by atoms with E-state index in [0.717, 1.165) is 50.3 Å². The standard InChI is InChI=1S/C19H30N4O/c1-14(2)17-12-18(21-13-20-17)22-16-8-6-15(7-9-16)19(24)23-10-4-3-5-11-23/h12-16H,3-11H2,1-2H3,(H,20,21,22)/t15-,16-. The van der Waals surface area contributed by atoms with E-state index in [2.05, 4.69) is 40.1 Å². The van der Waals surface area contributed by atoms with Crippen molar-refractivity contribution in [2.24, 2.45) is 5.92 Å². The number of nitrogens with one attached hydrogen (secondary N) is 1. The quantitative estimate of drug-likeness (QED) is 0.916. The zero-order chi connectivity index (χ0) is 16.9. The lowest BCUT2D eigenvalue weighted by Crippen LogP contribution is -2.41. The Hall–Kier alpha value is -1.65. The second-order valence-corrected chi connectivity index (χ2v) is 7.56. The van der Waals surface area contributed by atoms with Gasteiger partial charge in [-0.25, -0.2) is 9.97 Å². The molecule has 0 aromatic carbocycles. The molecule has 0 unspecified atom stereocenters. The van der Waals surface area contributed by atoms with Crippen molar-refractivity contribution in [3.8, 4) is 0 Å². The summed E-state index contributed by atoms with van der Waals surface area (Å²) >= 11 is 0. The van der Waals surface area contributed by atoms with Crippen LogP contribution in [0.15, 0.2) is 12.4 Å². The summed E-state index contributed by atoms with van der Waals surface area (Å²) in [6, 6.07) is 2.47. The van der Waals surface area contributed by atoms with Gasteiger partial charge in [-0.05, 0) is 50.9 Å². The number of aromatic nitrogens is 2. The highest BCUT2D eigenvalue weighted by atomic mass is 16.2. The number of rotatable bonds is 4. The van der Waals surface area contributed by atoms with Crippen LogP contribution in [0.5, 0.6) is 0 Å². The Morgan fingerprint density at radius 2 is 1.83 bits per heavy atom. The lowest BCUT2D eigenvalue weighted by molar-refractivity contribution is -0.137. The van der Waals surface area contributed by atoms with E-state index < -0.39 is 0 Å². The van der Waals surface area contributed by atoms with E-state index in [1.807, 2.05) is 0 Å². The van der Waals surface area contributed by atoms with E-state index in [9.17, 15) is 4.79 Å². The fourth-order valence-corrected chi connectivity index (χ4v) is 3.83. The highest BCUT2D eigenvalue weighted by molar-refractivity contribution is 5.79. The summed E-state index contributed by atoms with van der Waals surface area (Å²) in [5.41, 5.74) is 1.07. The van der Waals surface area contributed by atoms with E-state index >= 15 is 0 Å². The zero-order valence-corrected chi connectivity index (χ0v) is 15.0. The Kier molecular flexibility index (Phi) is 5.69. The number of hydrogen-bond acceptors (Lipinski definition) is 4. The normalized spacial score (nSPS) is 24.9. The fraction of sp³-hybridized carbons (Fsp3) is 0.737. The summed E-state index contributed by atoms with van der Waals surface area (Å²) in [6.07, 6.45) is 9.35. The molecular weight excluding hydrogens is 300 g/mol. The number of amides is 1. The van der Waals surface area contributed by atoms with Gasteiger partial charge in [0.15, 0.2) is 0 Å². The van der Waals surface area contributed by atoms with Crippen LogP contribution in [0.25, 0.3) is 0 Å². The molecule has 1 aromatic heterocycles. The average molecular weight is 330 g/mol. The number of likely N-dealkylation sites (tertiary alicyclic amines) is 1. The van der Waals surface area contributed by atoms with Crippen LogP contribution in [0.2, 0.25) is 0 Å². The molecule has 1 saturated carbocycles. The summed E-state index contributed by atoms with van der Waals surface area (Å²) in [7, 11) is 0. The fourth-order valence-electron chi connectivity index (χ4n) is 3.83. The molecule has 132 valence electrons. The monoisotopic (exact) mass is 330 g/mol. The molecule has 2 fully saturated rings. The molecule has 2 heterocycles. The van der Waals surface area contributed by atoms with Gasteiger partial charge in [-0.15, -0.1) is 0 Å². The topological polar surface area (TPSA) is 58.1 Å². The molecule has 1 amide bonds. The number of carbonyl (C=O) groups is 1. The number of anilines is 1. The number of carbonyl (C=O) groups excluding carboxylic acids is 1.